The fourth-order valence-electron chi connectivity index (χ4n) is 0.851. The first-order valence-corrected chi connectivity index (χ1v) is 5.58. The van der Waals surface area contributed by atoms with E-state index in [1.54, 1.807) is 6.92 Å². The maximum atomic E-state index is 11.5. The number of hydrogen-bond acceptors (Lipinski definition) is 3. The number of hydrogen-bond donors (Lipinski definition) is 2. The summed E-state index contributed by atoms with van der Waals surface area (Å²) in [4.78, 5) is 16.6. The van der Waals surface area contributed by atoms with E-state index in [1.165, 1.54) is 0 Å². The van der Waals surface area contributed by atoms with Crippen LogP contribution < -0.4 is 10.8 Å². The monoisotopic (exact) mass is 216 g/mol. The molecule has 1 unspecified atom stereocenters. The number of hydroxylamine groups is 1. The molecule has 0 aromatic heterocycles. The first kappa shape index (κ1) is 14.4. The second kappa shape index (κ2) is 7.65. The average molecular weight is 216 g/mol. The third-order valence-corrected chi connectivity index (χ3v) is 1.75. The molecule has 0 aliphatic rings. The molecule has 0 radical (unpaired) electrons. The molecular weight excluding hydrogens is 192 g/mol. The number of carbonyl (C=O) groups excluding carboxylic acids is 1. The van der Waals surface area contributed by atoms with Gasteiger partial charge in [-0.05, 0) is 18.8 Å². The summed E-state index contributed by atoms with van der Waals surface area (Å²) < 4.78 is 0. The minimum Gasteiger partial charge on any atom is -0.354 e. The number of carbonyl (C=O) groups is 1. The Morgan fingerprint density at radius 1 is 1.13 bits per heavy atom. The molecule has 0 aromatic carbocycles. The van der Waals surface area contributed by atoms with Crippen LogP contribution in [0.2, 0.25) is 0 Å². The van der Waals surface area contributed by atoms with E-state index in [9.17, 15) is 4.79 Å². The van der Waals surface area contributed by atoms with Gasteiger partial charge in [-0.3, -0.25) is 4.79 Å². The van der Waals surface area contributed by atoms with Crippen molar-refractivity contribution in [3.05, 3.63) is 0 Å². The smallest absolute Gasteiger partial charge is 0.239 e. The van der Waals surface area contributed by atoms with Crippen molar-refractivity contribution in [3.63, 3.8) is 0 Å². The van der Waals surface area contributed by atoms with Gasteiger partial charge < -0.3 is 10.2 Å². The Morgan fingerprint density at radius 3 is 2.20 bits per heavy atom. The summed E-state index contributed by atoms with van der Waals surface area (Å²) in [6.45, 7) is 11.4. The van der Waals surface area contributed by atoms with Gasteiger partial charge in [0, 0.05) is 6.54 Å². The van der Waals surface area contributed by atoms with Crippen LogP contribution in [-0.4, -0.2) is 25.1 Å². The highest BCUT2D eigenvalue weighted by Crippen LogP contribution is 1.92. The summed E-state index contributed by atoms with van der Waals surface area (Å²) in [5, 5.41) is 2.84. The van der Waals surface area contributed by atoms with Crippen LogP contribution in [0.5, 0.6) is 0 Å². The molecule has 0 bridgehead atoms. The molecule has 0 saturated heterocycles. The Bertz CT molecular complexity index is 181. The SMILES string of the molecule is CC(C)CNC(=O)C(C)NOCC(C)C. The summed E-state index contributed by atoms with van der Waals surface area (Å²) in [5.41, 5.74) is 2.73. The lowest BCUT2D eigenvalue weighted by Gasteiger charge is -2.15. The molecule has 90 valence electrons. The highest BCUT2D eigenvalue weighted by Gasteiger charge is 2.12. The van der Waals surface area contributed by atoms with E-state index in [0.717, 1.165) is 0 Å². The van der Waals surface area contributed by atoms with Crippen LogP contribution >= 0.6 is 0 Å². The quantitative estimate of drug-likeness (QED) is 0.631. The van der Waals surface area contributed by atoms with Gasteiger partial charge in [-0.2, -0.15) is 5.48 Å². The third kappa shape index (κ3) is 8.39. The number of amides is 1. The maximum absolute atomic E-state index is 11.5. The lowest BCUT2D eigenvalue weighted by Crippen LogP contribution is -2.43. The van der Waals surface area contributed by atoms with Crippen molar-refractivity contribution >= 4 is 5.91 Å². The van der Waals surface area contributed by atoms with Crippen LogP contribution in [0, 0.1) is 11.8 Å². The standard InChI is InChI=1S/C11H24N2O2/c1-8(2)6-12-11(14)10(5)13-15-7-9(3)4/h8-10,13H,6-7H2,1-5H3,(H,12,14). The number of rotatable bonds is 7. The van der Waals surface area contributed by atoms with Gasteiger partial charge in [0.1, 0.15) is 6.04 Å². The van der Waals surface area contributed by atoms with Crippen LogP contribution in [-0.2, 0) is 9.63 Å². The topological polar surface area (TPSA) is 50.4 Å². The molecule has 4 nitrogen and oxygen atoms in total. The normalized spacial score (nSPS) is 13.3. The van der Waals surface area contributed by atoms with Crippen LogP contribution in [0.1, 0.15) is 34.6 Å². The van der Waals surface area contributed by atoms with Gasteiger partial charge in [0.15, 0.2) is 0 Å². The second-order valence-electron chi connectivity index (χ2n) is 4.68. The zero-order valence-electron chi connectivity index (χ0n) is 10.5. The lowest BCUT2D eigenvalue weighted by molar-refractivity contribution is -0.127. The van der Waals surface area contributed by atoms with Crippen molar-refractivity contribution < 1.29 is 9.63 Å². The van der Waals surface area contributed by atoms with Crippen LogP contribution in [0.3, 0.4) is 0 Å². The van der Waals surface area contributed by atoms with E-state index in [4.69, 9.17) is 4.84 Å². The van der Waals surface area contributed by atoms with Gasteiger partial charge >= 0.3 is 0 Å². The Labute approximate surface area is 92.7 Å². The molecule has 1 atom stereocenters. The third-order valence-electron chi connectivity index (χ3n) is 1.75. The first-order valence-electron chi connectivity index (χ1n) is 5.58. The van der Waals surface area contributed by atoms with Crippen molar-refractivity contribution in [1.29, 1.82) is 0 Å². The Kier molecular flexibility index (Phi) is 7.34. The van der Waals surface area contributed by atoms with Crippen molar-refractivity contribution in [2.24, 2.45) is 11.8 Å². The Morgan fingerprint density at radius 2 is 1.73 bits per heavy atom. The van der Waals surface area contributed by atoms with E-state index in [-0.39, 0.29) is 11.9 Å². The molecule has 15 heavy (non-hydrogen) atoms. The van der Waals surface area contributed by atoms with E-state index < -0.39 is 0 Å². The summed E-state index contributed by atoms with van der Waals surface area (Å²) in [6.07, 6.45) is 0. The molecule has 0 rings (SSSR count). The molecule has 0 spiro atoms. The van der Waals surface area contributed by atoms with Gasteiger partial charge in [0.25, 0.3) is 0 Å². The molecule has 0 aliphatic carbocycles. The van der Waals surface area contributed by atoms with Gasteiger partial charge in [-0.25, -0.2) is 0 Å². The fourth-order valence-corrected chi connectivity index (χ4v) is 0.851. The summed E-state index contributed by atoms with van der Waals surface area (Å²) in [6, 6.07) is -0.303. The van der Waals surface area contributed by atoms with E-state index >= 15 is 0 Å². The summed E-state index contributed by atoms with van der Waals surface area (Å²) in [7, 11) is 0. The van der Waals surface area contributed by atoms with Gasteiger partial charge in [-0.15, -0.1) is 0 Å². The molecule has 0 saturated carbocycles. The van der Waals surface area contributed by atoms with Crippen LogP contribution in [0.15, 0.2) is 0 Å². The van der Waals surface area contributed by atoms with Gasteiger partial charge in [0.05, 0.1) is 6.61 Å². The van der Waals surface area contributed by atoms with Crippen molar-refractivity contribution in [2.75, 3.05) is 13.2 Å². The molecule has 0 aliphatic heterocycles. The molecule has 1 amide bonds. The zero-order valence-corrected chi connectivity index (χ0v) is 10.5. The minimum absolute atomic E-state index is 0.0209. The molecule has 4 heteroatoms. The Hall–Kier alpha value is -0.610. The molecule has 0 fully saturated rings. The lowest BCUT2D eigenvalue weighted by atomic mass is 10.2. The Balaban J connectivity index is 3.60. The predicted molar refractivity (Wildman–Crippen MR) is 61.2 cm³/mol. The molecule has 2 N–H and O–H groups in total. The molecule has 0 heterocycles. The first-order chi connectivity index (χ1) is 6.93. The predicted octanol–water partition coefficient (Wildman–Crippen LogP) is 1.32. The van der Waals surface area contributed by atoms with Crippen molar-refractivity contribution in [2.45, 2.75) is 40.7 Å². The zero-order chi connectivity index (χ0) is 11.8. The molecule has 0 aromatic rings. The van der Waals surface area contributed by atoms with E-state index in [1.807, 2.05) is 0 Å². The highest BCUT2D eigenvalue weighted by atomic mass is 16.6. The van der Waals surface area contributed by atoms with Gasteiger partial charge in [-0.1, -0.05) is 27.7 Å². The second-order valence-corrected chi connectivity index (χ2v) is 4.68. The summed E-state index contributed by atoms with van der Waals surface area (Å²) in [5.74, 6) is 0.911. The largest absolute Gasteiger partial charge is 0.354 e. The minimum atomic E-state index is -0.303. The van der Waals surface area contributed by atoms with Crippen molar-refractivity contribution in [3.8, 4) is 0 Å². The van der Waals surface area contributed by atoms with E-state index in [2.05, 4.69) is 38.5 Å². The number of nitrogens with one attached hydrogen (secondary N) is 2. The summed E-state index contributed by atoms with van der Waals surface area (Å²) >= 11 is 0. The van der Waals surface area contributed by atoms with Gasteiger partial charge in [0.2, 0.25) is 5.91 Å². The van der Waals surface area contributed by atoms with E-state index in [0.29, 0.717) is 25.0 Å². The van der Waals surface area contributed by atoms with Crippen LogP contribution in [0.4, 0.5) is 0 Å². The molecular formula is C11H24N2O2. The maximum Gasteiger partial charge on any atom is 0.239 e. The fraction of sp³-hybridized carbons (Fsp3) is 0.909. The average Bonchev–Trinajstić information content (AvgIpc) is 2.13. The van der Waals surface area contributed by atoms with Crippen molar-refractivity contribution in [1.82, 2.24) is 10.8 Å². The van der Waals surface area contributed by atoms with Crippen LogP contribution in [0.25, 0.3) is 0 Å². The highest BCUT2D eigenvalue weighted by molar-refractivity contribution is 5.81.